The van der Waals surface area contributed by atoms with Crippen molar-refractivity contribution >= 4 is 27.8 Å². The third-order valence-corrected chi connectivity index (χ3v) is 4.11. The number of halogens is 1. The molecule has 0 aromatic heterocycles. The lowest BCUT2D eigenvalue weighted by Crippen LogP contribution is -1.99. The van der Waals surface area contributed by atoms with E-state index < -0.39 is 0 Å². The summed E-state index contributed by atoms with van der Waals surface area (Å²) in [6.07, 6.45) is 1.65. The maximum Gasteiger partial charge on any atom is 0.232 e. The summed E-state index contributed by atoms with van der Waals surface area (Å²) in [5, 5.41) is 0. The largest absolute Gasteiger partial charge is 0.493 e. The van der Waals surface area contributed by atoms with Gasteiger partial charge in [-0.2, -0.15) is 0 Å². The molecule has 0 saturated heterocycles. The number of Topliss-reactive ketones (excluding diaryl/α,β-unsaturated/α-hetero) is 1. The topological polar surface area (TPSA) is 54.0 Å². The highest BCUT2D eigenvalue weighted by Gasteiger charge is 2.27. The van der Waals surface area contributed by atoms with E-state index in [4.69, 9.17) is 18.9 Å². The molecule has 1 aliphatic rings. The summed E-state index contributed by atoms with van der Waals surface area (Å²) >= 11 is 3.36. The number of carbonyl (C=O) groups excluding carboxylic acids is 1. The summed E-state index contributed by atoms with van der Waals surface area (Å²) in [5.74, 6) is 2.14. The van der Waals surface area contributed by atoms with Crippen LogP contribution >= 0.6 is 15.9 Å². The van der Waals surface area contributed by atoms with E-state index >= 15 is 0 Å². The lowest BCUT2D eigenvalue weighted by Gasteiger charge is -2.13. The number of carbonyl (C=O) groups is 1. The minimum atomic E-state index is -0.167. The number of ketones is 1. The van der Waals surface area contributed by atoms with Gasteiger partial charge in [0.05, 0.1) is 26.9 Å². The number of benzene rings is 2. The van der Waals surface area contributed by atoms with E-state index in [0.29, 0.717) is 34.1 Å². The van der Waals surface area contributed by atoms with E-state index in [9.17, 15) is 4.79 Å². The van der Waals surface area contributed by atoms with Crippen LogP contribution in [0.5, 0.6) is 23.0 Å². The van der Waals surface area contributed by atoms with Crippen molar-refractivity contribution in [1.29, 1.82) is 0 Å². The fraction of sp³-hybridized carbons (Fsp3) is 0.167. The van der Waals surface area contributed by atoms with E-state index in [1.165, 1.54) is 7.11 Å². The Morgan fingerprint density at radius 2 is 1.67 bits per heavy atom. The Morgan fingerprint density at radius 3 is 2.25 bits per heavy atom. The Hall–Kier alpha value is -2.47. The molecule has 0 saturated carbocycles. The first-order valence-corrected chi connectivity index (χ1v) is 7.90. The smallest absolute Gasteiger partial charge is 0.232 e. The first-order chi connectivity index (χ1) is 11.6. The van der Waals surface area contributed by atoms with Crippen molar-refractivity contribution in [2.45, 2.75) is 0 Å². The van der Waals surface area contributed by atoms with E-state index in [1.54, 1.807) is 44.6 Å². The van der Waals surface area contributed by atoms with Gasteiger partial charge in [-0.3, -0.25) is 4.79 Å². The van der Waals surface area contributed by atoms with Crippen molar-refractivity contribution in [3.8, 4) is 23.0 Å². The van der Waals surface area contributed by atoms with Crippen LogP contribution in [-0.4, -0.2) is 27.1 Å². The number of methoxy groups -OCH3 is 3. The second kappa shape index (κ2) is 6.57. The minimum absolute atomic E-state index is 0.167. The summed E-state index contributed by atoms with van der Waals surface area (Å²) < 4.78 is 22.4. The maximum atomic E-state index is 12.5. The van der Waals surface area contributed by atoms with E-state index in [1.807, 2.05) is 6.07 Å². The van der Waals surface area contributed by atoms with Crippen LogP contribution in [-0.2, 0) is 0 Å². The number of fused-ring (bicyclic) bond motifs is 1. The quantitative estimate of drug-likeness (QED) is 0.735. The molecule has 0 unspecified atom stereocenters. The fourth-order valence-electron chi connectivity index (χ4n) is 2.50. The molecular formula is C18H15BrO5. The van der Waals surface area contributed by atoms with Gasteiger partial charge in [0.2, 0.25) is 11.5 Å². The molecule has 0 bridgehead atoms. The van der Waals surface area contributed by atoms with Crippen LogP contribution in [0.15, 0.2) is 40.6 Å². The summed E-state index contributed by atoms with van der Waals surface area (Å²) in [5.41, 5.74) is 1.24. The predicted octanol–water partition coefficient (Wildman–Crippen LogP) is 4.09. The normalized spacial score (nSPS) is 14.3. The van der Waals surface area contributed by atoms with Crippen molar-refractivity contribution in [2.24, 2.45) is 0 Å². The van der Waals surface area contributed by atoms with Crippen LogP contribution in [0, 0.1) is 0 Å². The molecule has 0 radical (unpaired) electrons. The highest BCUT2D eigenvalue weighted by atomic mass is 79.9. The highest BCUT2D eigenvalue weighted by Crippen LogP contribution is 2.40. The molecule has 6 heteroatoms. The third kappa shape index (κ3) is 2.85. The van der Waals surface area contributed by atoms with Gasteiger partial charge in [-0.15, -0.1) is 0 Å². The van der Waals surface area contributed by atoms with Crippen molar-refractivity contribution in [2.75, 3.05) is 21.3 Å². The zero-order valence-electron chi connectivity index (χ0n) is 13.4. The summed E-state index contributed by atoms with van der Waals surface area (Å²) in [6.45, 7) is 0. The van der Waals surface area contributed by atoms with E-state index in [-0.39, 0.29) is 11.5 Å². The van der Waals surface area contributed by atoms with Crippen LogP contribution in [0.25, 0.3) is 6.08 Å². The van der Waals surface area contributed by atoms with Crippen LogP contribution < -0.4 is 18.9 Å². The molecule has 0 atom stereocenters. The number of ether oxygens (including phenoxy) is 4. The number of hydrogen-bond donors (Lipinski definition) is 0. The Bertz CT molecular complexity index is 816. The number of allylic oxidation sites excluding steroid dienone is 1. The molecule has 124 valence electrons. The molecule has 0 aliphatic carbocycles. The average molecular weight is 391 g/mol. The predicted molar refractivity (Wildman–Crippen MR) is 93.2 cm³/mol. The summed E-state index contributed by atoms with van der Waals surface area (Å²) in [6, 6.07) is 8.84. The zero-order chi connectivity index (χ0) is 17.3. The van der Waals surface area contributed by atoms with Crippen LogP contribution in [0.4, 0.5) is 0 Å². The van der Waals surface area contributed by atoms with Crippen molar-refractivity contribution < 1.29 is 23.7 Å². The van der Waals surface area contributed by atoms with Crippen molar-refractivity contribution in [3.05, 3.63) is 51.7 Å². The van der Waals surface area contributed by atoms with Crippen LogP contribution in [0.2, 0.25) is 0 Å². The molecule has 2 aromatic carbocycles. The van der Waals surface area contributed by atoms with Gasteiger partial charge in [0, 0.05) is 4.47 Å². The monoisotopic (exact) mass is 390 g/mol. The highest BCUT2D eigenvalue weighted by molar-refractivity contribution is 9.10. The van der Waals surface area contributed by atoms with Crippen molar-refractivity contribution in [3.63, 3.8) is 0 Å². The maximum absolute atomic E-state index is 12.5. The minimum Gasteiger partial charge on any atom is -0.493 e. The van der Waals surface area contributed by atoms with Crippen LogP contribution in [0.3, 0.4) is 0 Å². The van der Waals surface area contributed by atoms with E-state index in [2.05, 4.69) is 15.9 Å². The first kappa shape index (κ1) is 16.4. The molecule has 24 heavy (non-hydrogen) atoms. The lowest BCUT2D eigenvalue weighted by atomic mass is 10.1. The Kier molecular flexibility index (Phi) is 4.49. The molecule has 5 nitrogen and oxygen atoms in total. The van der Waals surface area contributed by atoms with Gasteiger partial charge in [0.1, 0.15) is 5.75 Å². The molecule has 0 fully saturated rings. The standard InChI is InChI=1S/C18H15BrO5/c1-21-15-7-10(8-16(22-2)18(15)23-3)6-14-17(20)12-9-11(19)4-5-13(12)24-14/h4-9H,1-3H3/b14-6-. The Balaban J connectivity index is 2.02. The molecule has 0 amide bonds. The molecule has 1 heterocycles. The fourth-order valence-corrected chi connectivity index (χ4v) is 2.86. The molecule has 2 aromatic rings. The molecule has 0 spiro atoms. The summed E-state index contributed by atoms with van der Waals surface area (Å²) in [4.78, 5) is 12.5. The average Bonchev–Trinajstić information content (AvgIpc) is 2.89. The van der Waals surface area contributed by atoms with Crippen molar-refractivity contribution in [1.82, 2.24) is 0 Å². The van der Waals surface area contributed by atoms with Gasteiger partial charge in [0.15, 0.2) is 17.3 Å². The number of rotatable bonds is 4. The SMILES string of the molecule is COc1cc(/C=C2\Oc3ccc(Br)cc3C2=O)cc(OC)c1OC. The molecule has 3 rings (SSSR count). The molecule has 0 N–H and O–H groups in total. The Labute approximate surface area is 147 Å². The van der Waals surface area contributed by atoms with Gasteiger partial charge >= 0.3 is 0 Å². The Morgan fingerprint density at radius 1 is 1.00 bits per heavy atom. The van der Waals surface area contributed by atoms with Gasteiger partial charge in [-0.1, -0.05) is 15.9 Å². The third-order valence-electron chi connectivity index (χ3n) is 3.61. The van der Waals surface area contributed by atoms with Gasteiger partial charge < -0.3 is 18.9 Å². The second-order valence-electron chi connectivity index (χ2n) is 5.04. The molecule has 1 aliphatic heterocycles. The second-order valence-corrected chi connectivity index (χ2v) is 5.95. The molecular weight excluding hydrogens is 376 g/mol. The van der Waals surface area contributed by atoms with E-state index in [0.717, 1.165) is 4.47 Å². The van der Waals surface area contributed by atoms with Gasteiger partial charge in [0.25, 0.3) is 0 Å². The number of hydrogen-bond acceptors (Lipinski definition) is 5. The first-order valence-electron chi connectivity index (χ1n) is 7.11. The van der Waals surface area contributed by atoms with Crippen LogP contribution in [0.1, 0.15) is 15.9 Å². The summed E-state index contributed by atoms with van der Waals surface area (Å²) in [7, 11) is 4.62. The lowest BCUT2D eigenvalue weighted by molar-refractivity contribution is 0.101. The van der Waals surface area contributed by atoms with Gasteiger partial charge in [-0.05, 0) is 42.0 Å². The zero-order valence-corrected chi connectivity index (χ0v) is 15.0. The van der Waals surface area contributed by atoms with Gasteiger partial charge in [-0.25, -0.2) is 0 Å².